The second kappa shape index (κ2) is 4.33. The molecule has 0 aromatic heterocycles. The third kappa shape index (κ3) is 2.09. The molecule has 2 N–H and O–H groups in total. The van der Waals surface area contributed by atoms with E-state index in [-0.39, 0.29) is 28.2 Å². The van der Waals surface area contributed by atoms with Gasteiger partial charge in [-0.15, -0.1) is 0 Å². The van der Waals surface area contributed by atoms with Crippen LogP contribution in [-0.2, 0) is 4.79 Å². The number of carboxylic acid groups (broad SMARTS) is 1. The average Bonchev–Trinajstić information content (AvgIpc) is 2.72. The summed E-state index contributed by atoms with van der Waals surface area (Å²) in [5, 5.41) is 11.8. The van der Waals surface area contributed by atoms with Gasteiger partial charge in [-0.05, 0) is 41.5 Å². The lowest BCUT2D eigenvalue weighted by Gasteiger charge is -2.10. The van der Waals surface area contributed by atoms with Crippen LogP contribution in [0.15, 0.2) is 18.2 Å². The lowest BCUT2D eigenvalue weighted by Crippen LogP contribution is -2.18. The van der Waals surface area contributed by atoms with Crippen molar-refractivity contribution in [1.29, 1.82) is 0 Å². The minimum Gasteiger partial charge on any atom is -0.478 e. The molecule has 4 nitrogen and oxygen atoms in total. The highest BCUT2D eigenvalue weighted by molar-refractivity contribution is 5.97. The van der Waals surface area contributed by atoms with Crippen LogP contribution in [0.25, 0.3) is 0 Å². The average molecular weight is 275 g/mol. The molecular formula is C16H21NO3. The zero-order chi connectivity index (χ0) is 15.3. The molecule has 2 rings (SSSR count). The zero-order valence-corrected chi connectivity index (χ0v) is 12.6. The number of nitrogens with one attached hydrogen (secondary N) is 1. The maximum Gasteiger partial charge on any atom is 0.335 e. The van der Waals surface area contributed by atoms with Gasteiger partial charge in [0.05, 0.1) is 5.56 Å². The molecule has 0 aliphatic heterocycles. The molecule has 4 heteroatoms. The number of benzene rings is 1. The Morgan fingerprint density at radius 2 is 1.70 bits per heavy atom. The first-order valence-electron chi connectivity index (χ1n) is 6.74. The van der Waals surface area contributed by atoms with Crippen molar-refractivity contribution in [3.05, 3.63) is 29.3 Å². The molecule has 0 radical (unpaired) electrons. The van der Waals surface area contributed by atoms with Gasteiger partial charge >= 0.3 is 5.97 Å². The number of aromatic carboxylic acids is 1. The van der Waals surface area contributed by atoms with Crippen LogP contribution in [0.1, 0.15) is 43.6 Å². The van der Waals surface area contributed by atoms with Gasteiger partial charge in [-0.2, -0.15) is 0 Å². The maximum absolute atomic E-state index is 12.3. The van der Waals surface area contributed by atoms with Gasteiger partial charge in [-0.1, -0.05) is 27.7 Å². The van der Waals surface area contributed by atoms with Crippen LogP contribution in [-0.4, -0.2) is 17.0 Å². The summed E-state index contributed by atoms with van der Waals surface area (Å²) < 4.78 is 0. The van der Waals surface area contributed by atoms with Crippen molar-refractivity contribution in [2.24, 2.45) is 16.7 Å². The lowest BCUT2D eigenvalue weighted by atomic mass is 10.0. The molecule has 0 saturated heterocycles. The van der Waals surface area contributed by atoms with Gasteiger partial charge in [0.1, 0.15) is 0 Å². The Balaban J connectivity index is 2.16. The third-order valence-corrected chi connectivity index (χ3v) is 5.01. The van der Waals surface area contributed by atoms with Gasteiger partial charge in [0, 0.05) is 11.6 Å². The highest BCUT2D eigenvalue weighted by atomic mass is 16.4. The summed E-state index contributed by atoms with van der Waals surface area (Å²) in [7, 11) is 0. The molecule has 108 valence electrons. The van der Waals surface area contributed by atoms with E-state index in [1.807, 2.05) is 0 Å². The standard InChI is InChI=1S/C16H21NO3/c1-9-8-10(14(19)20)6-7-11(9)17-13(18)12-15(2,3)16(12,4)5/h6-8,12H,1-5H3,(H,17,18)(H,19,20). The Morgan fingerprint density at radius 3 is 2.10 bits per heavy atom. The van der Waals surface area contributed by atoms with E-state index >= 15 is 0 Å². The highest BCUT2D eigenvalue weighted by Crippen LogP contribution is 2.68. The van der Waals surface area contributed by atoms with Crippen molar-refractivity contribution in [3.8, 4) is 0 Å². The van der Waals surface area contributed by atoms with Crippen molar-refractivity contribution in [2.45, 2.75) is 34.6 Å². The summed E-state index contributed by atoms with van der Waals surface area (Å²) in [6, 6.07) is 4.73. The van der Waals surface area contributed by atoms with Gasteiger partial charge in [0.25, 0.3) is 0 Å². The minimum absolute atomic E-state index is 0.00572. The van der Waals surface area contributed by atoms with Crippen molar-refractivity contribution in [3.63, 3.8) is 0 Å². The highest BCUT2D eigenvalue weighted by Gasteiger charge is 2.68. The van der Waals surface area contributed by atoms with Crippen LogP contribution in [0.2, 0.25) is 0 Å². The molecule has 1 saturated carbocycles. The number of carbonyl (C=O) groups excluding carboxylic acids is 1. The predicted molar refractivity (Wildman–Crippen MR) is 77.8 cm³/mol. The monoisotopic (exact) mass is 275 g/mol. The van der Waals surface area contributed by atoms with E-state index in [1.165, 1.54) is 6.07 Å². The van der Waals surface area contributed by atoms with Gasteiger partial charge < -0.3 is 10.4 Å². The van der Waals surface area contributed by atoms with E-state index < -0.39 is 5.97 Å². The first-order valence-corrected chi connectivity index (χ1v) is 6.74. The van der Waals surface area contributed by atoms with Crippen LogP contribution in [0.4, 0.5) is 5.69 Å². The fourth-order valence-electron chi connectivity index (χ4n) is 2.99. The van der Waals surface area contributed by atoms with Crippen molar-refractivity contribution >= 4 is 17.6 Å². The quantitative estimate of drug-likeness (QED) is 0.889. The van der Waals surface area contributed by atoms with Crippen molar-refractivity contribution in [2.75, 3.05) is 5.32 Å². The van der Waals surface area contributed by atoms with E-state index in [2.05, 4.69) is 33.0 Å². The Labute approximate surface area is 119 Å². The van der Waals surface area contributed by atoms with E-state index in [0.29, 0.717) is 5.69 Å². The predicted octanol–water partition coefficient (Wildman–Crippen LogP) is 3.31. The van der Waals surface area contributed by atoms with Gasteiger partial charge in [0.15, 0.2) is 0 Å². The lowest BCUT2D eigenvalue weighted by molar-refractivity contribution is -0.118. The SMILES string of the molecule is Cc1cc(C(=O)O)ccc1NC(=O)C1C(C)(C)C1(C)C. The van der Waals surface area contributed by atoms with E-state index in [1.54, 1.807) is 19.1 Å². The fourth-order valence-corrected chi connectivity index (χ4v) is 2.99. The largest absolute Gasteiger partial charge is 0.478 e. The molecule has 1 aliphatic rings. The maximum atomic E-state index is 12.3. The number of carbonyl (C=O) groups is 2. The second-order valence-electron chi connectivity index (χ2n) is 6.70. The Morgan fingerprint density at radius 1 is 1.15 bits per heavy atom. The molecule has 0 unspecified atom stereocenters. The molecule has 0 heterocycles. The van der Waals surface area contributed by atoms with E-state index in [0.717, 1.165) is 5.56 Å². The number of amides is 1. The van der Waals surface area contributed by atoms with Crippen LogP contribution >= 0.6 is 0 Å². The van der Waals surface area contributed by atoms with Crippen LogP contribution in [0.5, 0.6) is 0 Å². The fraction of sp³-hybridized carbons (Fsp3) is 0.500. The molecule has 1 aliphatic carbocycles. The Bertz CT molecular complexity index is 573. The first kappa shape index (κ1) is 14.6. The van der Waals surface area contributed by atoms with Crippen LogP contribution in [0, 0.1) is 23.7 Å². The number of aryl methyl sites for hydroxylation is 1. The summed E-state index contributed by atoms with van der Waals surface area (Å²) in [6.45, 7) is 10.2. The molecule has 0 bridgehead atoms. The summed E-state index contributed by atoms with van der Waals surface area (Å²) in [4.78, 5) is 23.2. The first-order chi connectivity index (χ1) is 9.09. The number of carboxylic acids is 1. The van der Waals surface area contributed by atoms with Gasteiger partial charge in [0.2, 0.25) is 5.91 Å². The normalized spacial score (nSPS) is 19.4. The van der Waals surface area contributed by atoms with Crippen molar-refractivity contribution < 1.29 is 14.7 Å². The van der Waals surface area contributed by atoms with Crippen LogP contribution in [0.3, 0.4) is 0 Å². The minimum atomic E-state index is -0.963. The molecule has 1 amide bonds. The summed E-state index contributed by atoms with van der Waals surface area (Å²) in [6.07, 6.45) is 0. The van der Waals surface area contributed by atoms with E-state index in [4.69, 9.17) is 5.11 Å². The molecule has 1 fully saturated rings. The van der Waals surface area contributed by atoms with Gasteiger partial charge in [-0.3, -0.25) is 4.79 Å². The molecule has 1 aromatic carbocycles. The summed E-state index contributed by atoms with van der Waals surface area (Å²) in [5.74, 6) is -0.977. The van der Waals surface area contributed by atoms with Crippen LogP contribution < -0.4 is 5.32 Å². The number of anilines is 1. The topological polar surface area (TPSA) is 66.4 Å². The summed E-state index contributed by atoms with van der Waals surface area (Å²) in [5.41, 5.74) is 1.65. The number of hydrogen-bond acceptors (Lipinski definition) is 2. The zero-order valence-electron chi connectivity index (χ0n) is 12.6. The molecular weight excluding hydrogens is 254 g/mol. The number of rotatable bonds is 3. The van der Waals surface area contributed by atoms with Crippen molar-refractivity contribution in [1.82, 2.24) is 0 Å². The summed E-state index contributed by atoms with van der Waals surface area (Å²) >= 11 is 0. The third-order valence-electron chi connectivity index (χ3n) is 5.01. The molecule has 0 atom stereocenters. The second-order valence-corrected chi connectivity index (χ2v) is 6.70. The Kier molecular flexibility index (Phi) is 3.16. The van der Waals surface area contributed by atoms with E-state index in [9.17, 15) is 9.59 Å². The number of hydrogen-bond donors (Lipinski definition) is 2. The molecule has 0 spiro atoms. The van der Waals surface area contributed by atoms with Gasteiger partial charge in [-0.25, -0.2) is 4.79 Å². The Hall–Kier alpha value is -1.84. The molecule has 20 heavy (non-hydrogen) atoms. The smallest absolute Gasteiger partial charge is 0.335 e. The molecule has 1 aromatic rings.